The minimum absolute atomic E-state index is 0.358. The highest BCUT2D eigenvalue weighted by molar-refractivity contribution is 9.09. The van der Waals surface area contributed by atoms with Crippen molar-refractivity contribution in [1.29, 1.82) is 0 Å². The monoisotopic (exact) mass is 297 g/mol. The standard InChI is InChI=1S/C13H20BrN3/c1-2-12(14)13-8-17(16-15-13)7-11-6-9-3-4-10(11)5-9/h8-12H,2-7H2,1H3. The second-order valence-electron chi connectivity index (χ2n) is 5.68. The first kappa shape index (κ1) is 11.7. The lowest BCUT2D eigenvalue weighted by Gasteiger charge is -2.20. The zero-order chi connectivity index (χ0) is 11.8. The third kappa shape index (κ3) is 2.28. The molecule has 2 aliphatic carbocycles. The van der Waals surface area contributed by atoms with Gasteiger partial charge in [-0.2, -0.15) is 0 Å². The topological polar surface area (TPSA) is 30.7 Å². The number of hydrogen-bond acceptors (Lipinski definition) is 2. The second kappa shape index (κ2) is 4.71. The number of fused-ring (bicyclic) bond motifs is 2. The van der Waals surface area contributed by atoms with Crippen LogP contribution in [-0.2, 0) is 6.54 Å². The van der Waals surface area contributed by atoms with Crippen LogP contribution in [0.5, 0.6) is 0 Å². The van der Waals surface area contributed by atoms with Gasteiger partial charge in [0.15, 0.2) is 0 Å². The Balaban J connectivity index is 1.63. The van der Waals surface area contributed by atoms with Crippen molar-refractivity contribution in [2.45, 2.75) is 50.4 Å². The van der Waals surface area contributed by atoms with Gasteiger partial charge in [-0.3, -0.25) is 4.68 Å². The molecule has 1 heterocycles. The number of alkyl halides is 1. The van der Waals surface area contributed by atoms with E-state index in [1.807, 2.05) is 0 Å². The molecule has 0 saturated heterocycles. The molecule has 0 aliphatic heterocycles. The summed E-state index contributed by atoms with van der Waals surface area (Å²) >= 11 is 3.63. The highest BCUT2D eigenvalue weighted by atomic mass is 79.9. The van der Waals surface area contributed by atoms with Crippen LogP contribution in [0.3, 0.4) is 0 Å². The fourth-order valence-electron chi connectivity index (χ4n) is 3.60. The van der Waals surface area contributed by atoms with Gasteiger partial charge >= 0.3 is 0 Å². The normalized spacial score (nSPS) is 33.2. The fraction of sp³-hybridized carbons (Fsp3) is 0.846. The van der Waals surface area contributed by atoms with Gasteiger partial charge in [-0.25, -0.2) is 0 Å². The van der Waals surface area contributed by atoms with E-state index in [4.69, 9.17) is 0 Å². The van der Waals surface area contributed by atoms with Gasteiger partial charge in [0, 0.05) is 12.7 Å². The van der Waals surface area contributed by atoms with Crippen LogP contribution in [0.15, 0.2) is 6.20 Å². The number of aromatic nitrogens is 3. The van der Waals surface area contributed by atoms with Gasteiger partial charge in [-0.1, -0.05) is 34.5 Å². The lowest BCUT2D eigenvalue weighted by molar-refractivity contribution is 0.283. The van der Waals surface area contributed by atoms with Crippen molar-refractivity contribution in [3.8, 4) is 0 Å². The third-order valence-corrected chi connectivity index (χ3v) is 5.66. The maximum atomic E-state index is 4.27. The number of rotatable bonds is 4. The number of halogens is 1. The summed E-state index contributed by atoms with van der Waals surface area (Å²) in [5, 5.41) is 8.53. The van der Waals surface area contributed by atoms with E-state index in [2.05, 4.69) is 44.0 Å². The van der Waals surface area contributed by atoms with Crippen molar-refractivity contribution in [3.05, 3.63) is 11.9 Å². The van der Waals surface area contributed by atoms with E-state index in [1.54, 1.807) is 0 Å². The Morgan fingerprint density at radius 1 is 1.47 bits per heavy atom. The van der Waals surface area contributed by atoms with Crippen LogP contribution >= 0.6 is 15.9 Å². The zero-order valence-corrected chi connectivity index (χ0v) is 11.9. The largest absolute Gasteiger partial charge is 0.252 e. The molecule has 3 nitrogen and oxygen atoms in total. The van der Waals surface area contributed by atoms with Crippen LogP contribution in [0.4, 0.5) is 0 Å². The molecular formula is C13H20BrN3. The molecule has 2 aliphatic rings. The van der Waals surface area contributed by atoms with Crippen molar-refractivity contribution in [2.75, 3.05) is 0 Å². The lowest BCUT2D eigenvalue weighted by atomic mass is 9.89. The summed E-state index contributed by atoms with van der Waals surface area (Å²) in [7, 11) is 0. The zero-order valence-electron chi connectivity index (χ0n) is 10.3. The average molecular weight is 298 g/mol. The SMILES string of the molecule is CCC(Br)c1cn(CC2CC3CCC2C3)nn1. The van der Waals surface area contributed by atoms with Crippen molar-refractivity contribution >= 4 is 15.9 Å². The molecule has 4 heteroatoms. The molecule has 1 aromatic rings. The molecule has 17 heavy (non-hydrogen) atoms. The molecule has 1 aromatic heterocycles. The summed E-state index contributed by atoms with van der Waals surface area (Å²) in [5.41, 5.74) is 1.08. The number of hydrogen-bond donors (Lipinski definition) is 0. The van der Waals surface area contributed by atoms with Crippen molar-refractivity contribution in [3.63, 3.8) is 0 Å². The maximum absolute atomic E-state index is 4.27. The van der Waals surface area contributed by atoms with E-state index in [0.717, 1.165) is 36.4 Å². The first-order valence-corrected chi connectivity index (χ1v) is 7.72. The molecule has 0 aromatic carbocycles. The highest BCUT2D eigenvalue weighted by Crippen LogP contribution is 2.48. The molecule has 0 radical (unpaired) electrons. The van der Waals surface area contributed by atoms with Crippen LogP contribution in [-0.4, -0.2) is 15.0 Å². The van der Waals surface area contributed by atoms with E-state index in [-0.39, 0.29) is 0 Å². The van der Waals surface area contributed by atoms with Crippen molar-refractivity contribution in [1.82, 2.24) is 15.0 Å². The molecule has 0 amide bonds. The van der Waals surface area contributed by atoms with Gasteiger partial charge in [0.2, 0.25) is 0 Å². The van der Waals surface area contributed by atoms with E-state index in [0.29, 0.717) is 4.83 Å². The van der Waals surface area contributed by atoms with Gasteiger partial charge in [-0.05, 0) is 43.4 Å². The molecule has 4 atom stereocenters. The van der Waals surface area contributed by atoms with Crippen LogP contribution < -0.4 is 0 Å². The Hall–Kier alpha value is -0.380. The molecule has 2 bridgehead atoms. The highest BCUT2D eigenvalue weighted by Gasteiger charge is 2.39. The van der Waals surface area contributed by atoms with E-state index < -0.39 is 0 Å². The predicted molar refractivity (Wildman–Crippen MR) is 70.9 cm³/mol. The smallest absolute Gasteiger partial charge is 0.0963 e. The van der Waals surface area contributed by atoms with Gasteiger partial charge in [0.1, 0.15) is 0 Å². The Kier molecular flexibility index (Phi) is 3.24. The summed E-state index contributed by atoms with van der Waals surface area (Å²) in [6.07, 6.45) is 9.01. The second-order valence-corrected chi connectivity index (χ2v) is 6.78. The van der Waals surface area contributed by atoms with Crippen molar-refractivity contribution < 1.29 is 0 Å². The van der Waals surface area contributed by atoms with Crippen molar-refractivity contribution in [2.24, 2.45) is 17.8 Å². The Morgan fingerprint density at radius 3 is 3.00 bits per heavy atom. The average Bonchev–Trinajstić information content (AvgIpc) is 3.03. The summed E-state index contributed by atoms with van der Waals surface area (Å²) in [4.78, 5) is 0.358. The molecule has 2 fully saturated rings. The predicted octanol–water partition coefficient (Wildman–Crippen LogP) is 3.56. The van der Waals surface area contributed by atoms with Crippen LogP contribution in [0.1, 0.15) is 49.5 Å². The molecule has 2 saturated carbocycles. The summed E-state index contributed by atoms with van der Waals surface area (Å²) in [5.74, 6) is 2.85. The third-order valence-electron chi connectivity index (χ3n) is 4.54. The molecule has 4 unspecified atom stereocenters. The quantitative estimate of drug-likeness (QED) is 0.796. The Morgan fingerprint density at radius 2 is 2.35 bits per heavy atom. The molecule has 3 rings (SSSR count). The van der Waals surface area contributed by atoms with E-state index in [1.165, 1.54) is 25.7 Å². The fourth-order valence-corrected chi connectivity index (χ4v) is 3.81. The lowest BCUT2D eigenvalue weighted by Crippen LogP contribution is -2.17. The maximum Gasteiger partial charge on any atom is 0.0963 e. The first-order chi connectivity index (χ1) is 8.26. The molecule has 94 valence electrons. The van der Waals surface area contributed by atoms with Crippen LogP contribution in [0.2, 0.25) is 0 Å². The molecule has 0 N–H and O–H groups in total. The van der Waals surface area contributed by atoms with Crippen LogP contribution in [0, 0.1) is 17.8 Å². The van der Waals surface area contributed by atoms with Gasteiger partial charge in [0.25, 0.3) is 0 Å². The Bertz CT molecular complexity index is 390. The summed E-state index contributed by atoms with van der Waals surface area (Å²) < 4.78 is 2.06. The number of nitrogens with zero attached hydrogens (tertiary/aromatic N) is 3. The van der Waals surface area contributed by atoms with Gasteiger partial charge < -0.3 is 0 Å². The van der Waals surface area contributed by atoms with Gasteiger partial charge in [-0.15, -0.1) is 5.10 Å². The Labute approximate surface area is 111 Å². The molecule has 0 spiro atoms. The summed E-state index contributed by atoms with van der Waals surface area (Å²) in [6.45, 7) is 3.24. The van der Waals surface area contributed by atoms with Gasteiger partial charge in [0.05, 0.1) is 10.5 Å². The van der Waals surface area contributed by atoms with Crippen LogP contribution in [0.25, 0.3) is 0 Å². The van der Waals surface area contributed by atoms with E-state index in [9.17, 15) is 0 Å². The minimum Gasteiger partial charge on any atom is -0.252 e. The van der Waals surface area contributed by atoms with E-state index >= 15 is 0 Å². The molecular weight excluding hydrogens is 278 g/mol. The first-order valence-electron chi connectivity index (χ1n) is 6.80. The minimum atomic E-state index is 0.358. The summed E-state index contributed by atoms with van der Waals surface area (Å²) in [6, 6.07) is 0.